The third kappa shape index (κ3) is 11.6. The molecule has 4 amide bonds. The molecule has 1 fully saturated rings. The number of hydrogen-bond acceptors (Lipinski definition) is 3. The summed E-state index contributed by atoms with van der Waals surface area (Å²) in [5.41, 5.74) is 3.05. The van der Waals surface area contributed by atoms with Gasteiger partial charge in [-0.25, -0.2) is 4.79 Å². The zero-order valence-corrected chi connectivity index (χ0v) is 25.7. The van der Waals surface area contributed by atoms with Gasteiger partial charge in [-0.15, -0.1) is 0 Å². The molecule has 41 heavy (non-hydrogen) atoms. The topological polar surface area (TPSA) is 90.5 Å². The minimum atomic E-state index is -0.762. The quantitative estimate of drug-likeness (QED) is 0.342. The normalized spacial score (nSPS) is 15.5. The second-order valence-electron chi connectivity index (χ2n) is 12.8. The van der Waals surface area contributed by atoms with Gasteiger partial charge in [-0.1, -0.05) is 81.3 Å². The molecule has 7 nitrogen and oxygen atoms in total. The van der Waals surface area contributed by atoms with Crippen molar-refractivity contribution in [2.45, 2.75) is 104 Å². The lowest BCUT2D eigenvalue weighted by Gasteiger charge is -2.29. The van der Waals surface area contributed by atoms with Crippen molar-refractivity contribution < 1.29 is 14.4 Å². The van der Waals surface area contributed by atoms with Crippen LogP contribution in [0.4, 0.5) is 4.79 Å². The number of likely N-dealkylation sites (tertiary alicyclic amines) is 1. The van der Waals surface area contributed by atoms with E-state index >= 15 is 0 Å². The number of amides is 4. The van der Waals surface area contributed by atoms with E-state index in [4.69, 9.17) is 0 Å². The predicted octanol–water partition coefficient (Wildman–Crippen LogP) is 5.41. The van der Waals surface area contributed by atoms with Crippen LogP contribution in [0.5, 0.6) is 0 Å². The number of nitrogens with one attached hydrogen (secondary N) is 3. The molecule has 3 rings (SSSR count). The van der Waals surface area contributed by atoms with E-state index in [0.717, 1.165) is 44.1 Å². The Bertz CT molecular complexity index is 1100. The Labute approximate surface area is 246 Å². The largest absolute Gasteiger partial charge is 0.350 e. The Hall–Kier alpha value is -3.35. The maximum absolute atomic E-state index is 13.6. The van der Waals surface area contributed by atoms with Gasteiger partial charge in [0.1, 0.15) is 12.1 Å². The van der Waals surface area contributed by atoms with Gasteiger partial charge in [0.05, 0.1) is 0 Å². The van der Waals surface area contributed by atoms with Gasteiger partial charge < -0.3 is 20.9 Å². The zero-order valence-electron chi connectivity index (χ0n) is 25.7. The molecule has 7 heteroatoms. The average Bonchev–Trinajstić information content (AvgIpc) is 3.21. The van der Waals surface area contributed by atoms with Gasteiger partial charge in [-0.3, -0.25) is 9.59 Å². The van der Waals surface area contributed by atoms with Crippen LogP contribution in [0.3, 0.4) is 0 Å². The number of urea groups is 1. The molecule has 2 atom stereocenters. The molecular weight excluding hydrogens is 512 g/mol. The molecule has 0 saturated carbocycles. The fraction of sp³-hybridized carbons (Fsp3) is 0.559. The number of aryl methyl sites for hydroxylation is 2. The summed E-state index contributed by atoms with van der Waals surface area (Å²) in [6, 6.07) is 17.0. The Morgan fingerprint density at radius 2 is 1.29 bits per heavy atom. The number of carbonyl (C=O) groups excluding carboxylic acids is 3. The van der Waals surface area contributed by atoms with Crippen LogP contribution < -0.4 is 16.0 Å². The minimum Gasteiger partial charge on any atom is -0.350 e. The third-order valence-corrected chi connectivity index (χ3v) is 7.35. The molecule has 1 aliphatic rings. The summed E-state index contributed by atoms with van der Waals surface area (Å²) < 4.78 is 0. The van der Waals surface area contributed by atoms with E-state index in [-0.39, 0.29) is 23.8 Å². The van der Waals surface area contributed by atoms with Crippen LogP contribution in [0, 0.1) is 5.92 Å². The van der Waals surface area contributed by atoms with E-state index < -0.39 is 17.6 Å². The smallest absolute Gasteiger partial charge is 0.318 e. The molecule has 0 radical (unpaired) electrons. The van der Waals surface area contributed by atoms with Gasteiger partial charge in [-0.05, 0) is 75.5 Å². The summed E-state index contributed by atoms with van der Waals surface area (Å²) in [6.45, 7) is 11.2. The lowest BCUT2D eigenvalue weighted by molar-refractivity contribution is -0.130. The number of carbonyl (C=O) groups is 3. The first kappa shape index (κ1) is 32.2. The Morgan fingerprint density at radius 3 is 1.85 bits per heavy atom. The highest BCUT2D eigenvalue weighted by atomic mass is 16.2. The summed E-state index contributed by atoms with van der Waals surface area (Å²) in [5.74, 6) is -0.364. The Kier molecular flexibility index (Phi) is 12.2. The van der Waals surface area contributed by atoms with Crippen molar-refractivity contribution in [2.24, 2.45) is 5.92 Å². The maximum atomic E-state index is 13.6. The van der Waals surface area contributed by atoms with E-state index in [9.17, 15) is 14.4 Å². The fourth-order valence-electron chi connectivity index (χ4n) is 5.17. The number of benzene rings is 2. The molecule has 3 N–H and O–H groups in total. The van der Waals surface area contributed by atoms with Crippen molar-refractivity contribution in [3.8, 4) is 0 Å². The van der Waals surface area contributed by atoms with E-state index in [1.165, 1.54) is 11.1 Å². The highest BCUT2D eigenvalue weighted by molar-refractivity contribution is 5.92. The van der Waals surface area contributed by atoms with Crippen LogP contribution >= 0.6 is 0 Å². The van der Waals surface area contributed by atoms with Crippen LogP contribution in [-0.2, 0) is 28.9 Å². The molecule has 0 aromatic heterocycles. The summed E-state index contributed by atoms with van der Waals surface area (Å²) in [5, 5.41) is 9.00. The van der Waals surface area contributed by atoms with Crippen molar-refractivity contribution in [1.29, 1.82) is 0 Å². The van der Waals surface area contributed by atoms with E-state index in [0.29, 0.717) is 25.9 Å². The molecular formula is C34H50N4O3. The Balaban J connectivity index is 1.70. The molecule has 1 saturated heterocycles. The van der Waals surface area contributed by atoms with E-state index in [2.05, 4.69) is 52.3 Å². The van der Waals surface area contributed by atoms with Crippen LogP contribution in [0.25, 0.3) is 0 Å². The van der Waals surface area contributed by atoms with Crippen LogP contribution in [0.2, 0.25) is 0 Å². The Morgan fingerprint density at radius 1 is 0.732 bits per heavy atom. The molecule has 0 bridgehead atoms. The van der Waals surface area contributed by atoms with Gasteiger partial charge in [0.2, 0.25) is 11.8 Å². The van der Waals surface area contributed by atoms with Crippen molar-refractivity contribution in [1.82, 2.24) is 20.9 Å². The van der Waals surface area contributed by atoms with E-state index in [1.54, 1.807) is 0 Å². The molecule has 0 unspecified atom stereocenters. The van der Waals surface area contributed by atoms with Crippen molar-refractivity contribution in [2.75, 3.05) is 13.1 Å². The number of nitrogens with zero attached hydrogens (tertiary/aromatic N) is 1. The number of rotatable bonds is 11. The SMILES string of the molecule is CC(C)C[C@H](NC(=O)N1CCCCCC1)C(=O)N[C@@H](Cc1ccc(CCc2ccccc2)cc1)C(=O)NC(C)(C)C. The lowest BCUT2D eigenvalue weighted by Crippen LogP contribution is -2.58. The standard InChI is InChI=1S/C34H50N4O3/c1-25(2)23-29(36-33(41)38-21-11-6-7-12-22-38)31(39)35-30(32(40)37-34(3,4)5)24-28-19-17-27(18-20-28)16-15-26-13-9-8-10-14-26/h8-10,13-14,17-20,25,29-30H,6-7,11-12,15-16,21-24H2,1-5H3,(H,35,39)(H,36,41)(H,37,40)/t29-,30-/m0/s1. The highest BCUT2D eigenvalue weighted by Crippen LogP contribution is 2.14. The molecule has 224 valence electrons. The summed E-state index contributed by atoms with van der Waals surface area (Å²) >= 11 is 0. The minimum absolute atomic E-state index is 0.195. The second kappa shape index (κ2) is 15.6. The van der Waals surface area contributed by atoms with Crippen LogP contribution in [0.15, 0.2) is 54.6 Å². The first-order valence-corrected chi connectivity index (χ1v) is 15.3. The van der Waals surface area contributed by atoms with Gasteiger partial charge in [0, 0.05) is 25.0 Å². The average molecular weight is 563 g/mol. The van der Waals surface area contributed by atoms with Crippen LogP contribution in [-0.4, -0.2) is 53.5 Å². The first-order chi connectivity index (χ1) is 19.5. The second-order valence-corrected chi connectivity index (χ2v) is 12.8. The van der Waals surface area contributed by atoms with Gasteiger partial charge in [0.15, 0.2) is 0 Å². The van der Waals surface area contributed by atoms with E-state index in [1.807, 2.05) is 57.7 Å². The van der Waals surface area contributed by atoms with Gasteiger partial charge >= 0.3 is 6.03 Å². The summed E-state index contributed by atoms with van der Waals surface area (Å²) in [6.07, 6.45) is 6.96. The molecule has 2 aromatic rings. The van der Waals surface area contributed by atoms with Gasteiger partial charge in [0.25, 0.3) is 0 Å². The predicted molar refractivity (Wildman–Crippen MR) is 166 cm³/mol. The van der Waals surface area contributed by atoms with Gasteiger partial charge in [-0.2, -0.15) is 0 Å². The molecule has 0 aliphatic carbocycles. The molecule has 1 heterocycles. The monoisotopic (exact) mass is 562 g/mol. The highest BCUT2D eigenvalue weighted by Gasteiger charge is 2.30. The van der Waals surface area contributed by atoms with Crippen molar-refractivity contribution in [3.63, 3.8) is 0 Å². The van der Waals surface area contributed by atoms with Crippen molar-refractivity contribution in [3.05, 3.63) is 71.3 Å². The zero-order chi connectivity index (χ0) is 29.8. The third-order valence-electron chi connectivity index (χ3n) is 7.35. The molecule has 0 spiro atoms. The lowest BCUT2D eigenvalue weighted by atomic mass is 9.98. The molecule has 2 aromatic carbocycles. The number of hydrogen-bond donors (Lipinski definition) is 3. The van der Waals surface area contributed by atoms with Crippen LogP contribution in [0.1, 0.15) is 83.4 Å². The maximum Gasteiger partial charge on any atom is 0.318 e. The molecule has 1 aliphatic heterocycles. The summed E-state index contributed by atoms with van der Waals surface area (Å²) in [4.78, 5) is 41.8. The fourth-order valence-corrected chi connectivity index (χ4v) is 5.17. The van der Waals surface area contributed by atoms with Crippen molar-refractivity contribution >= 4 is 17.8 Å². The summed E-state index contributed by atoms with van der Waals surface area (Å²) in [7, 11) is 0. The first-order valence-electron chi connectivity index (χ1n) is 15.3.